The Bertz CT molecular complexity index is 887. The SMILES string of the molecule is NC(=O)COc1c(F)cc(SCCN(O)S(=O)(=O)c2ccccc2)cc1F. The van der Waals surface area contributed by atoms with E-state index in [0.29, 0.717) is 0 Å². The number of rotatable bonds is 9. The van der Waals surface area contributed by atoms with E-state index in [-0.39, 0.29) is 26.6 Å². The third-order valence-corrected chi connectivity index (χ3v) is 5.76. The monoisotopic (exact) mass is 418 g/mol. The molecule has 7 nitrogen and oxygen atoms in total. The minimum Gasteiger partial charge on any atom is -0.478 e. The number of carbonyl (C=O) groups is 1. The van der Waals surface area contributed by atoms with Gasteiger partial charge in [0.05, 0.1) is 11.4 Å². The molecule has 0 heterocycles. The lowest BCUT2D eigenvalue weighted by Gasteiger charge is -2.15. The molecule has 2 aromatic rings. The molecule has 27 heavy (non-hydrogen) atoms. The van der Waals surface area contributed by atoms with Crippen LogP contribution in [-0.2, 0) is 14.8 Å². The normalized spacial score (nSPS) is 11.6. The van der Waals surface area contributed by atoms with Gasteiger partial charge in [0.15, 0.2) is 24.0 Å². The molecule has 0 aliphatic rings. The molecule has 0 radical (unpaired) electrons. The highest BCUT2D eigenvalue weighted by Crippen LogP contribution is 2.28. The quantitative estimate of drug-likeness (QED) is 0.476. The topological polar surface area (TPSA) is 110 Å². The van der Waals surface area contributed by atoms with Crippen LogP contribution in [0.4, 0.5) is 8.78 Å². The van der Waals surface area contributed by atoms with Crippen molar-refractivity contribution in [3.63, 3.8) is 0 Å². The molecule has 2 aromatic carbocycles. The molecule has 0 aromatic heterocycles. The first-order valence-corrected chi connectivity index (χ1v) is 9.94. The Balaban J connectivity index is 1.98. The molecule has 3 N–H and O–H groups in total. The van der Waals surface area contributed by atoms with Crippen LogP contribution in [0, 0.1) is 11.6 Å². The summed E-state index contributed by atoms with van der Waals surface area (Å²) >= 11 is 0.928. The van der Waals surface area contributed by atoms with E-state index >= 15 is 0 Å². The second kappa shape index (κ2) is 9.13. The van der Waals surface area contributed by atoms with Crippen molar-refractivity contribution in [1.82, 2.24) is 4.47 Å². The van der Waals surface area contributed by atoms with E-state index in [9.17, 15) is 27.2 Å². The Hall–Kier alpha value is -2.21. The number of benzene rings is 2. The van der Waals surface area contributed by atoms with Gasteiger partial charge >= 0.3 is 0 Å². The van der Waals surface area contributed by atoms with Crippen LogP contribution in [-0.4, -0.2) is 42.9 Å². The summed E-state index contributed by atoms with van der Waals surface area (Å²) in [6.07, 6.45) is 0. The second-order valence-electron chi connectivity index (χ2n) is 5.18. The van der Waals surface area contributed by atoms with Crippen molar-refractivity contribution in [2.45, 2.75) is 9.79 Å². The van der Waals surface area contributed by atoms with Gasteiger partial charge in [-0.2, -0.15) is 0 Å². The average molecular weight is 418 g/mol. The van der Waals surface area contributed by atoms with Gasteiger partial charge < -0.3 is 10.5 Å². The highest BCUT2D eigenvalue weighted by molar-refractivity contribution is 7.99. The summed E-state index contributed by atoms with van der Waals surface area (Å²) in [6, 6.07) is 9.28. The molecule has 0 aliphatic heterocycles. The van der Waals surface area contributed by atoms with Crippen LogP contribution in [0.1, 0.15) is 0 Å². The van der Waals surface area contributed by atoms with Gasteiger partial charge in [0.25, 0.3) is 15.9 Å². The van der Waals surface area contributed by atoms with Crippen LogP contribution in [0.3, 0.4) is 0 Å². The number of hydrogen-bond donors (Lipinski definition) is 2. The lowest BCUT2D eigenvalue weighted by molar-refractivity contribution is -0.120. The van der Waals surface area contributed by atoms with Crippen LogP contribution in [0.2, 0.25) is 0 Å². The highest BCUT2D eigenvalue weighted by atomic mass is 32.2. The van der Waals surface area contributed by atoms with E-state index in [1.165, 1.54) is 24.3 Å². The fourth-order valence-electron chi connectivity index (χ4n) is 1.98. The molecule has 11 heteroatoms. The lowest BCUT2D eigenvalue weighted by atomic mass is 10.3. The van der Waals surface area contributed by atoms with Gasteiger partial charge in [-0.15, -0.1) is 11.8 Å². The molecule has 1 amide bonds. The van der Waals surface area contributed by atoms with Crippen molar-refractivity contribution >= 4 is 27.7 Å². The van der Waals surface area contributed by atoms with Gasteiger partial charge in [-0.1, -0.05) is 22.7 Å². The number of hydroxylamine groups is 1. The molecule has 2 rings (SSSR count). The van der Waals surface area contributed by atoms with Crippen LogP contribution in [0.25, 0.3) is 0 Å². The zero-order valence-corrected chi connectivity index (χ0v) is 15.5. The van der Waals surface area contributed by atoms with Crippen molar-refractivity contribution in [1.29, 1.82) is 0 Å². The van der Waals surface area contributed by atoms with Crippen molar-refractivity contribution in [3.05, 3.63) is 54.1 Å². The van der Waals surface area contributed by atoms with Gasteiger partial charge in [-0.05, 0) is 24.3 Å². The van der Waals surface area contributed by atoms with Crippen LogP contribution in [0.15, 0.2) is 52.3 Å². The van der Waals surface area contributed by atoms with Crippen molar-refractivity contribution in [2.75, 3.05) is 18.9 Å². The first-order chi connectivity index (χ1) is 12.7. The number of amides is 1. The van der Waals surface area contributed by atoms with Gasteiger partial charge in [0.1, 0.15) is 0 Å². The second-order valence-corrected chi connectivity index (χ2v) is 8.19. The van der Waals surface area contributed by atoms with Crippen molar-refractivity contribution < 1.29 is 31.9 Å². The van der Waals surface area contributed by atoms with E-state index < -0.39 is 39.9 Å². The number of thioether (sulfide) groups is 1. The number of nitrogens with two attached hydrogens (primary N) is 1. The fraction of sp³-hybridized carbons (Fsp3) is 0.188. The Labute approximate surface area is 158 Å². The minimum absolute atomic E-state index is 0.0307. The summed E-state index contributed by atoms with van der Waals surface area (Å²) < 4.78 is 56.9. The average Bonchev–Trinajstić information content (AvgIpc) is 2.61. The summed E-state index contributed by atoms with van der Waals surface area (Å²) in [6.45, 7) is -0.970. The number of nitrogens with zero attached hydrogens (tertiary/aromatic N) is 1. The first-order valence-electron chi connectivity index (χ1n) is 7.51. The fourth-order valence-corrected chi connectivity index (χ4v) is 4.04. The van der Waals surface area contributed by atoms with Gasteiger partial charge in [-0.3, -0.25) is 10.0 Å². The molecular formula is C16H16F2N2O5S2. The Kier molecular flexibility index (Phi) is 7.13. The summed E-state index contributed by atoms with van der Waals surface area (Å²) in [5.74, 6) is -3.64. The maximum atomic E-state index is 13.9. The zero-order chi connectivity index (χ0) is 20.0. The smallest absolute Gasteiger partial charge is 0.264 e. The predicted molar refractivity (Wildman–Crippen MR) is 93.9 cm³/mol. The molecule has 146 valence electrons. The lowest BCUT2D eigenvalue weighted by Crippen LogP contribution is -2.29. The van der Waals surface area contributed by atoms with Crippen molar-refractivity contribution in [2.24, 2.45) is 5.73 Å². The Morgan fingerprint density at radius 1 is 1.19 bits per heavy atom. The number of hydrogen-bond acceptors (Lipinski definition) is 6. The molecule has 0 bridgehead atoms. The molecule has 0 saturated carbocycles. The Morgan fingerprint density at radius 3 is 2.33 bits per heavy atom. The highest BCUT2D eigenvalue weighted by Gasteiger charge is 2.22. The first kappa shape index (κ1) is 21.1. The third-order valence-electron chi connectivity index (χ3n) is 3.20. The summed E-state index contributed by atoms with van der Waals surface area (Å²) in [5, 5.41) is 9.80. The van der Waals surface area contributed by atoms with Gasteiger partial charge in [0, 0.05) is 10.6 Å². The minimum atomic E-state index is -4.07. The van der Waals surface area contributed by atoms with E-state index in [4.69, 9.17) is 5.73 Å². The standard InChI is InChI=1S/C16H16F2N2O5S2/c17-13-8-11(9-14(18)16(13)25-10-15(19)21)26-7-6-20(22)27(23,24)12-4-2-1-3-5-12/h1-5,8-9,22H,6-7,10H2,(H2,19,21). The largest absolute Gasteiger partial charge is 0.478 e. The van der Waals surface area contributed by atoms with E-state index in [1.54, 1.807) is 6.07 Å². The summed E-state index contributed by atoms with van der Waals surface area (Å²) in [5.41, 5.74) is 4.85. The number of halogens is 2. The predicted octanol–water partition coefficient (Wildman–Crippen LogP) is 2.00. The number of ether oxygens (including phenoxy) is 1. The van der Waals surface area contributed by atoms with E-state index in [1.807, 2.05) is 0 Å². The van der Waals surface area contributed by atoms with Crippen LogP contribution < -0.4 is 10.5 Å². The van der Waals surface area contributed by atoms with Crippen LogP contribution >= 0.6 is 11.8 Å². The van der Waals surface area contributed by atoms with Crippen LogP contribution in [0.5, 0.6) is 5.75 Å². The number of primary amides is 1. The Morgan fingerprint density at radius 2 is 1.78 bits per heavy atom. The summed E-state index contributed by atoms with van der Waals surface area (Å²) in [7, 11) is -4.07. The third kappa shape index (κ3) is 5.63. The van der Waals surface area contributed by atoms with E-state index in [2.05, 4.69) is 4.74 Å². The number of sulfonamides is 1. The molecule has 0 aliphatic carbocycles. The zero-order valence-electron chi connectivity index (χ0n) is 13.8. The summed E-state index contributed by atoms with van der Waals surface area (Å²) in [4.78, 5) is 10.7. The molecule has 0 saturated heterocycles. The molecule has 0 atom stereocenters. The maximum Gasteiger partial charge on any atom is 0.264 e. The molecule has 0 spiro atoms. The maximum absolute atomic E-state index is 13.9. The molecule has 0 fully saturated rings. The van der Waals surface area contributed by atoms with Gasteiger partial charge in [0.2, 0.25) is 0 Å². The molecular weight excluding hydrogens is 402 g/mol. The molecule has 0 unspecified atom stereocenters. The van der Waals surface area contributed by atoms with Crippen molar-refractivity contribution in [3.8, 4) is 5.75 Å². The number of carbonyl (C=O) groups excluding carboxylic acids is 1. The van der Waals surface area contributed by atoms with Gasteiger partial charge in [-0.25, -0.2) is 17.2 Å². The van der Waals surface area contributed by atoms with E-state index in [0.717, 1.165) is 23.9 Å².